The van der Waals surface area contributed by atoms with Crippen molar-refractivity contribution in [2.24, 2.45) is 5.73 Å². The molecule has 2 unspecified atom stereocenters. The Bertz CT molecular complexity index is 1030. The molecule has 0 radical (unpaired) electrons. The molecular weight excluding hydrogens is 746 g/mol. The van der Waals surface area contributed by atoms with Gasteiger partial charge in [0.2, 0.25) is 0 Å². The normalized spacial score (nSPS) is 13.8. The Balaban J connectivity index is 3.96. The fourth-order valence-electron chi connectivity index (χ4n) is 6.71. The van der Waals surface area contributed by atoms with Crippen molar-refractivity contribution in [3.8, 4) is 0 Å². The number of carbonyl (C=O) groups is 1. The van der Waals surface area contributed by atoms with Crippen LogP contribution in [0, 0.1) is 0 Å². The minimum Gasteiger partial charge on any atom is -0.457 e. The molecule has 0 fully saturated rings. The number of phosphoric ester groups is 1. The maximum atomic E-state index is 12.6. The molecule has 340 valence electrons. The van der Waals surface area contributed by atoms with Crippen LogP contribution < -0.4 is 5.73 Å². The lowest BCUT2D eigenvalue weighted by Crippen LogP contribution is -2.28. The third-order valence-corrected chi connectivity index (χ3v) is 11.2. The zero-order chi connectivity index (χ0) is 42.3. The number of rotatable bonds is 46. The smallest absolute Gasteiger partial charge is 0.457 e. The standard InChI is InChI=1S/C49H92NO7P/c1-3-5-7-9-11-13-15-17-19-21-22-23-24-25-27-29-31-33-35-37-39-41-44-54-46-48(47-56-58(52,53)55-45-43-50)57-49(51)42-40-38-36-34-32-30-28-26-20-18-16-14-12-10-8-6-4-2/h6,8,12,14,18,20-22,48H,3-5,7,9-11,13,15-17,19,23-47,50H2,1-2H3,(H,52,53)/b8-6-,14-12-,20-18-,22-21-. The zero-order valence-corrected chi connectivity index (χ0v) is 38.7. The quantitative estimate of drug-likeness (QED) is 0.0269. The van der Waals surface area contributed by atoms with Crippen molar-refractivity contribution in [3.63, 3.8) is 0 Å². The van der Waals surface area contributed by atoms with Crippen LogP contribution in [0.1, 0.15) is 219 Å². The van der Waals surface area contributed by atoms with E-state index in [1.54, 1.807) is 0 Å². The molecule has 0 aliphatic rings. The number of nitrogens with two attached hydrogens (primary N) is 1. The number of allylic oxidation sites excluding steroid dienone is 8. The first-order valence-electron chi connectivity index (χ1n) is 24.1. The van der Waals surface area contributed by atoms with Crippen molar-refractivity contribution < 1.29 is 32.8 Å². The summed E-state index contributed by atoms with van der Waals surface area (Å²) in [5.41, 5.74) is 5.38. The van der Waals surface area contributed by atoms with Crippen molar-refractivity contribution in [2.45, 2.75) is 225 Å². The van der Waals surface area contributed by atoms with E-state index in [1.807, 2.05) is 0 Å². The minimum absolute atomic E-state index is 0.0974. The molecule has 0 saturated heterocycles. The van der Waals surface area contributed by atoms with E-state index in [4.69, 9.17) is 24.3 Å². The Hall–Kier alpha value is -1.54. The Labute approximate surface area is 358 Å². The van der Waals surface area contributed by atoms with Gasteiger partial charge in [0.05, 0.1) is 19.8 Å². The third-order valence-electron chi connectivity index (χ3n) is 10.2. The van der Waals surface area contributed by atoms with Gasteiger partial charge < -0.3 is 20.1 Å². The van der Waals surface area contributed by atoms with Crippen molar-refractivity contribution in [1.82, 2.24) is 0 Å². The number of esters is 1. The summed E-state index contributed by atoms with van der Waals surface area (Å²) in [5.74, 6) is -0.340. The monoisotopic (exact) mass is 838 g/mol. The fraction of sp³-hybridized carbons (Fsp3) is 0.816. The Morgan fingerprint density at radius 3 is 1.47 bits per heavy atom. The molecule has 8 nitrogen and oxygen atoms in total. The van der Waals surface area contributed by atoms with E-state index in [9.17, 15) is 14.3 Å². The minimum atomic E-state index is -4.28. The zero-order valence-electron chi connectivity index (χ0n) is 37.8. The molecule has 58 heavy (non-hydrogen) atoms. The molecule has 0 heterocycles. The number of phosphoric acid groups is 1. The first-order chi connectivity index (χ1) is 28.4. The van der Waals surface area contributed by atoms with Crippen LogP contribution in [0.4, 0.5) is 0 Å². The molecule has 0 aliphatic carbocycles. The number of ether oxygens (including phenoxy) is 2. The van der Waals surface area contributed by atoms with Crippen LogP contribution in [-0.4, -0.2) is 49.9 Å². The van der Waals surface area contributed by atoms with Crippen molar-refractivity contribution in [2.75, 3.05) is 33.0 Å². The average Bonchev–Trinajstić information content (AvgIpc) is 3.21. The molecule has 2 atom stereocenters. The van der Waals surface area contributed by atoms with E-state index in [0.29, 0.717) is 13.0 Å². The summed E-state index contributed by atoms with van der Waals surface area (Å²) >= 11 is 0. The summed E-state index contributed by atoms with van der Waals surface area (Å²) in [6, 6.07) is 0. The fourth-order valence-corrected chi connectivity index (χ4v) is 7.48. The van der Waals surface area contributed by atoms with Gasteiger partial charge >= 0.3 is 13.8 Å². The molecule has 3 N–H and O–H groups in total. The summed E-state index contributed by atoms with van der Waals surface area (Å²) in [4.78, 5) is 22.5. The lowest BCUT2D eigenvalue weighted by Gasteiger charge is -2.20. The second-order valence-corrected chi connectivity index (χ2v) is 17.4. The van der Waals surface area contributed by atoms with Crippen LogP contribution in [0.3, 0.4) is 0 Å². The van der Waals surface area contributed by atoms with Gasteiger partial charge in [-0.3, -0.25) is 13.8 Å². The Morgan fingerprint density at radius 2 is 0.966 bits per heavy atom. The largest absolute Gasteiger partial charge is 0.472 e. The summed E-state index contributed by atoms with van der Waals surface area (Å²) in [5, 5.41) is 0. The van der Waals surface area contributed by atoms with Gasteiger partial charge in [-0.2, -0.15) is 0 Å². The highest BCUT2D eigenvalue weighted by Crippen LogP contribution is 2.43. The molecule has 0 aromatic rings. The van der Waals surface area contributed by atoms with Crippen LogP contribution in [0.2, 0.25) is 0 Å². The maximum Gasteiger partial charge on any atom is 0.472 e. The predicted molar refractivity (Wildman–Crippen MR) is 247 cm³/mol. The first kappa shape index (κ1) is 56.5. The highest BCUT2D eigenvalue weighted by Gasteiger charge is 2.25. The second-order valence-electron chi connectivity index (χ2n) is 15.9. The molecule has 0 spiro atoms. The molecule has 0 bridgehead atoms. The van der Waals surface area contributed by atoms with E-state index in [-0.39, 0.29) is 32.3 Å². The maximum absolute atomic E-state index is 12.6. The van der Waals surface area contributed by atoms with Gasteiger partial charge in [0, 0.05) is 19.6 Å². The Kier molecular flexibility index (Phi) is 45.3. The summed E-state index contributed by atoms with van der Waals surface area (Å²) in [7, 11) is -4.28. The summed E-state index contributed by atoms with van der Waals surface area (Å²) in [6.07, 6.45) is 55.7. The van der Waals surface area contributed by atoms with Crippen LogP contribution >= 0.6 is 7.82 Å². The molecule has 0 aliphatic heterocycles. The predicted octanol–water partition coefficient (Wildman–Crippen LogP) is 14.8. The molecule has 0 saturated carbocycles. The van der Waals surface area contributed by atoms with Gasteiger partial charge in [0.15, 0.2) is 0 Å². The SMILES string of the molecule is CC/C=C\C/C=C\C/C=C\CCCCCCCCCC(=O)OC(COCCCCCCCCCCCC/C=C\CCCCCCCCCC)COP(=O)(O)OCCN. The topological polar surface area (TPSA) is 117 Å². The first-order valence-corrected chi connectivity index (χ1v) is 25.6. The van der Waals surface area contributed by atoms with Gasteiger partial charge in [-0.1, -0.05) is 191 Å². The van der Waals surface area contributed by atoms with Gasteiger partial charge in [0.25, 0.3) is 0 Å². The number of unbranched alkanes of at least 4 members (excludes halogenated alkanes) is 25. The van der Waals surface area contributed by atoms with Gasteiger partial charge in [-0.05, 0) is 70.6 Å². The summed E-state index contributed by atoms with van der Waals surface area (Å²) < 4.78 is 33.5. The van der Waals surface area contributed by atoms with E-state index < -0.39 is 13.9 Å². The molecule has 0 aromatic carbocycles. The van der Waals surface area contributed by atoms with Crippen molar-refractivity contribution >= 4 is 13.8 Å². The summed E-state index contributed by atoms with van der Waals surface area (Å²) in [6.45, 7) is 4.82. The van der Waals surface area contributed by atoms with Gasteiger partial charge in [0.1, 0.15) is 6.10 Å². The molecule has 0 aromatic heterocycles. The highest BCUT2D eigenvalue weighted by molar-refractivity contribution is 7.47. The van der Waals surface area contributed by atoms with E-state index in [2.05, 4.69) is 62.5 Å². The number of carbonyl (C=O) groups excluding carboxylic acids is 1. The lowest BCUT2D eigenvalue weighted by molar-refractivity contribution is -0.154. The van der Waals surface area contributed by atoms with Gasteiger partial charge in [-0.15, -0.1) is 0 Å². The molecule has 0 rings (SSSR count). The van der Waals surface area contributed by atoms with E-state index >= 15 is 0 Å². The average molecular weight is 838 g/mol. The lowest BCUT2D eigenvalue weighted by atomic mass is 10.1. The van der Waals surface area contributed by atoms with Crippen LogP contribution in [0.25, 0.3) is 0 Å². The third kappa shape index (κ3) is 45.5. The van der Waals surface area contributed by atoms with E-state index in [1.165, 1.54) is 141 Å². The number of hydrogen-bond acceptors (Lipinski definition) is 7. The van der Waals surface area contributed by atoms with E-state index in [0.717, 1.165) is 57.8 Å². The van der Waals surface area contributed by atoms with Crippen LogP contribution in [0.5, 0.6) is 0 Å². The Morgan fingerprint density at radius 1 is 0.534 bits per heavy atom. The highest BCUT2D eigenvalue weighted by atomic mass is 31.2. The number of hydrogen-bond donors (Lipinski definition) is 2. The second kappa shape index (κ2) is 46.5. The van der Waals surface area contributed by atoms with Gasteiger partial charge in [-0.25, -0.2) is 4.57 Å². The van der Waals surface area contributed by atoms with Crippen molar-refractivity contribution in [3.05, 3.63) is 48.6 Å². The molecular formula is C49H92NO7P. The van der Waals surface area contributed by atoms with Crippen molar-refractivity contribution in [1.29, 1.82) is 0 Å². The van der Waals surface area contributed by atoms with Crippen LogP contribution in [0.15, 0.2) is 48.6 Å². The molecule has 0 amide bonds. The van der Waals surface area contributed by atoms with Crippen LogP contribution in [-0.2, 0) is 27.9 Å². The molecule has 9 heteroatoms.